The van der Waals surface area contributed by atoms with Gasteiger partial charge in [0.25, 0.3) is 0 Å². The quantitative estimate of drug-likeness (QED) is 0.432. The molecule has 33 heavy (non-hydrogen) atoms. The van der Waals surface area contributed by atoms with Crippen molar-refractivity contribution in [1.82, 2.24) is 9.88 Å². The van der Waals surface area contributed by atoms with E-state index in [4.69, 9.17) is 4.74 Å². The molecule has 2 aromatic rings. The minimum absolute atomic E-state index is 0.0389. The van der Waals surface area contributed by atoms with E-state index in [1.165, 1.54) is 30.9 Å². The van der Waals surface area contributed by atoms with E-state index >= 15 is 0 Å². The van der Waals surface area contributed by atoms with E-state index in [0.717, 1.165) is 38.5 Å². The minimum Gasteiger partial charge on any atom is -0.379 e. The molecule has 1 aliphatic carbocycles. The summed E-state index contributed by atoms with van der Waals surface area (Å²) in [5.74, 6) is 0.868. The van der Waals surface area contributed by atoms with Gasteiger partial charge in [0.05, 0.1) is 18.1 Å². The molecule has 0 atom stereocenters. The Morgan fingerprint density at radius 3 is 2.39 bits per heavy atom. The number of rotatable bonds is 8. The molecule has 1 aromatic heterocycles. The summed E-state index contributed by atoms with van der Waals surface area (Å²) in [4.78, 5) is 18.0. The number of hydrogen-bond acceptors (Lipinski definition) is 7. The van der Waals surface area contributed by atoms with Crippen molar-refractivity contribution in [2.45, 2.75) is 45.4 Å². The first-order chi connectivity index (χ1) is 15.8. The van der Waals surface area contributed by atoms with Crippen LogP contribution in [0.15, 0.2) is 36.4 Å². The van der Waals surface area contributed by atoms with Crippen LogP contribution in [0, 0.1) is 15.5 Å². The predicted octanol–water partition coefficient (Wildman–Crippen LogP) is 4.95. The number of aromatic nitrogens is 1. The van der Waals surface area contributed by atoms with Crippen molar-refractivity contribution in [1.29, 1.82) is 0 Å². The lowest BCUT2D eigenvalue weighted by Crippen LogP contribution is -2.45. The van der Waals surface area contributed by atoms with Crippen LogP contribution in [-0.4, -0.2) is 54.2 Å². The van der Waals surface area contributed by atoms with Crippen molar-refractivity contribution in [3.8, 4) is 0 Å². The summed E-state index contributed by atoms with van der Waals surface area (Å²) in [5.41, 5.74) is 2.50. The number of anilines is 3. The number of nitrogens with zero attached hydrogens (tertiary/aromatic N) is 3. The summed E-state index contributed by atoms with van der Waals surface area (Å²) in [6.07, 6.45) is 3.67. The molecule has 2 N–H and O–H groups in total. The summed E-state index contributed by atoms with van der Waals surface area (Å²) >= 11 is 0. The van der Waals surface area contributed by atoms with Crippen LogP contribution in [0.2, 0.25) is 0 Å². The maximum absolute atomic E-state index is 11.6. The highest BCUT2D eigenvalue weighted by molar-refractivity contribution is 5.68. The average Bonchev–Trinajstić information content (AvgIpc) is 2.74. The fourth-order valence-electron chi connectivity index (χ4n) is 4.97. The fourth-order valence-corrected chi connectivity index (χ4v) is 4.97. The van der Waals surface area contributed by atoms with E-state index < -0.39 is 4.92 Å². The molecule has 0 unspecified atom stereocenters. The summed E-state index contributed by atoms with van der Waals surface area (Å²) in [6, 6.07) is 11.5. The summed E-state index contributed by atoms with van der Waals surface area (Å²) in [7, 11) is 0. The van der Waals surface area contributed by atoms with Crippen molar-refractivity contribution >= 4 is 23.0 Å². The van der Waals surface area contributed by atoms with E-state index in [1.54, 1.807) is 6.07 Å². The predicted molar refractivity (Wildman–Crippen MR) is 131 cm³/mol. The maximum atomic E-state index is 11.6. The second-order valence-corrected chi connectivity index (χ2v) is 10.1. The Morgan fingerprint density at radius 2 is 1.82 bits per heavy atom. The second-order valence-electron chi connectivity index (χ2n) is 10.1. The Hall–Kier alpha value is -2.71. The van der Waals surface area contributed by atoms with Crippen molar-refractivity contribution < 1.29 is 9.66 Å². The zero-order valence-electron chi connectivity index (χ0n) is 19.9. The summed E-state index contributed by atoms with van der Waals surface area (Å²) in [5, 5.41) is 18.0. The van der Waals surface area contributed by atoms with Gasteiger partial charge < -0.3 is 15.4 Å². The highest BCUT2D eigenvalue weighted by Crippen LogP contribution is 2.55. The van der Waals surface area contributed by atoms with Gasteiger partial charge in [-0.3, -0.25) is 15.0 Å². The first kappa shape index (κ1) is 23.4. The topological polar surface area (TPSA) is 92.6 Å². The number of hydrogen-bond donors (Lipinski definition) is 2. The van der Waals surface area contributed by atoms with Gasteiger partial charge in [0.15, 0.2) is 0 Å². The third kappa shape index (κ3) is 5.12. The third-order valence-electron chi connectivity index (χ3n) is 7.25. The SMILES string of the molecule is CC(C)(C)C1(c2ccc(Nc3nc(NCCN4CCOCC4)ccc3[N+](=O)[O-])cc2)CCC1. The molecule has 1 saturated carbocycles. The fraction of sp³-hybridized carbons (Fsp3) is 0.560. The van der Waals surface area contributed by atoms with Crippen molar-refractivity contribution in [2.24, 2.45) is 5.41 Å². The zero-order valence-corrected chi connectivity index (χ0v) is 19.9. The first-order valence-electron chi connectivity index (χ1n) is 11.9. The first-order valence-corrected chi connectivity index (χ1v) is 11.9. The lowest BCUT2D eigenvalue weighted by Gasteiger charge is -2.52. The molecular weight excluding hydrogens is 418 g/mol. The van der Waals surface area contributed by atoms with Crippen LogP contribution >= 0.6 is 0 Å². The second kappa shape index (κ2) is 9.65. The molecule has 0 radical (unpaired) electrons. The van der Waals surface area contributed by atoms with Crippen molar-refractivity contribution in [3.05, 3.63) is 52.1 Å². The lowest BCUT2D eigenvalue weighted by atomic mass is 9.52. The Balaban J connectivity index is 1.45. The van der Waals surface area contributed by atoms with E-state index in [0.29, 0.717) is 12.4 Å². The number of pyridine rings is 1. The molecule has 178 valence electrons. The average molecular weight is 454 g/mol. The Bertz CT molecular complexity index is 961. The monoisotopic (exact) mass is 453 g/mol. The lowest BCUT2D eigenvalue weighted by molar-refractivity contribution is -0.384. The van der Waals surface area contributed by atoms with Gasteiger partial charge in [-0.25, -0.2) is 4.98 Å². The molecule has 1 aromatic carbocycles. The van der Waals surface area contributed by atoms with Crippen molar-refractivity contribution in [2.75, 3.05) is 50.0 Å². The number of benzene rings is 1. The molecule has 2 heterocycles. The normalized spacial score (nSPS) is 18.4. The number of morpholine rings is 1. The minimum atomic E-state index is -0.399. The maximum Gasteiger partial charge on any atom is 0.311 e. The Morgan fingerprint density at radius 1 is 1.12 bits per heavy atom. The molecule has 0 bridgehead atoms. The summed E-state index contributed by atoms with van der Waals surface area (Å²) < 4.78 is 5.38. The van der Waals surface area contributed by atoms with Gasteiger partial charge in [0.1, 0.15) is 5.82 Å². The van der Waals surface area contributed by atoms with Crippen LogP contribution < -0.4 is 10.6 Å². The Kier molecular flexibility index (Phi) is 6.86. The van der Waals surface area contributed by atoms with Crippen LogP contribution in [0.25, 0.3) is 0 Å². The smallest absolute Gasteiger partial charge is 0.311 e. The number of nitrogens with one attached hydrogen (secondary N) is 2. The van der Waals surface area contributed by atoms with Gasteiger partial charge in [-0.15, -0.1) is 0 Å². The van der Waals surface area contributed by atoms with Gasteiger partial charge >= 0.3 is 5.69 Å². The van der Waals surface area contributed by atoms with Gasteiger partial charge in [-0.2, -0.15) is 0 Å². The standard InChI is InChI=1S/C25H35N5O3/c1-24(2,3)25(11-4-12-25)19-5-7-20(8-6-19)27-23-21(30(31)32)9-10-22(28-23)26-13-14-29-15-17-33-18-16-29/h5-10H,4,11-18H2,1-3H3,(H2,26,27,28). The molecule has 2 fully saturated rings. The summed E-state index contributed by atoms with van der Waals surface area (Å²) in [6.45, 7) is 11.9. The highest BCUT2D eigenvalue weighted by Gasteiger charge is 2.47. The van der Waals surface area contributed by atoms with Crippen molar-refractivity contribution in [3.63, 3.8) is 0 Å². The molecule has 0 spiro atoms. The van der Waals surface area contributed by atoms with E-state index in [2.05, 4.69) is 53.4 Å². The van der Waals surface area contributed by atoms with Gasteiger partial charge in [-0.1, -0.05) is 39.3 Å². The van der Waals surface area contributed by atoms with Gasteiger partial charge in [-0.05, 0) is 42.0 Å². The van der Waals surface area contributed by atoms with E-state index in [-0.39, 0.29) is 22.3 Å². The van der Waals surface area contributed by atoms with E-state index in [1.807, 2.05) is 12.1 Å². The van der Waals surface area contributed by atoms with Gasteiger partial charge in [0, 0.05) is 43.3 Å². The van der Waals surface area contributed by atoms with Crippen LogP contribution in [0.4, 0.5) is 23.0 Å². The van der Waals surface area contributed by atoms with E-state index in [9.17, 15) is 10.1 Å². The van der Waals surface area contributed by atoms with Crippen LogP contribution in [-0.2, 0) is 10.2 Å². The van der Waals surface area contributed by atoms with Crippen LogP contribution in [0.5, 0.6) is 0 Å². The van der Waals surface area contributed by atoms with Gasteiger partial charge in [0.2, 0.25) is 5.82 Å². The molecule has 4 rings (SSSR count). The molecule has 2 aliphatic rings. The van der Waals surface area contributed by atoms with Crippen LogP contribution in [0.1, 0.15) is 45.6 Å². The molecule has 8 nitrogen and oxygen atoms in total. The molecule has 8 heteroatoms. The molecular formula is C25H35N5O3. The molecule has 0 amide bonds. The number of nitro groups is 1. The molecule has 1 aliphatic heterocycles. The largest absolute Gasteiger partial charge is 0.379 e. The molecule has 1 saturated heterocycles. The Labute approximate surface area is 195 Å². The number of ether oxygens (including phenoxy) is 1. The van der Waals surface area contributed by atoms with Crippen LogP contribution in [0.3, 0.4) is 0 Å². The zero-order chi connectivity index (χ0) is 23.5. The third-order valence-corrected chi connectivity index (χ3v) is 7.25. The highest BCUT2D eigenvalue weighted by atomic mass is 16.6.